The summed E-state index contributed by atoms with van der Waals surface area (Å²) in [5, 5.41) is 26.3. The third kappa shape index (κ3) is 5.53. The van der Waals surface area contributed by atoms with Crippen LogP contribution in [-0.4, -0.2) is 46.9 Å². The maximum Gasteiger partial charge on any atom is 0.163 e. The number of aromatic nitrogens is 1. The molecule has 6 rings (SSSR count). The first kappa shape index (κ1) is 30.3. The van der Waals surface area contributed by atoms with Gasteiger partial charge in [-0.05, 0) is 80.9 Å². The number of rotatable bonds is 7. The van der Waals surface area contributed by atoms with Gasteiger partial charge in [0.2, 0.25) is 0 Å². The Morgan fingerprint density at radius 1 is 0.622 bits per heavy atom. The third-order valence-corrected chi connectivity index (χ3v) is 8.64. The summed E-state index contributed by atoms with van der Waals surface area (Å²) in [6.45, 7) is 11.9. The summed E-state index contributed by atoms with van der Waals surface area (Å²) >= 11 is 0. The van der Waals surface area contributed by atoms with Crippen LogP contribution in [0.5, 0.6) is 11.5 Å². The van der Waals surface area contributed by atoms with E-state index in [0.717, 1.165) is 73.2 Å². The molecule has 5 nitrogen and oxygen atoms in total. The molecule has 0 atom stereocenters. The number of hydrogen-bond donors (Lipinski definition) is 2. The molecule has 0 aliphatic carbocycles. The number of phenols is 2. The average Bonchev–Trinajstić information content (AvgIpc) is 3.33. The molecular weight excluding hydrogens is 554 g/mol. The summed E-state index contributed by atoms with van der Waals surface area (Å²) in [5.74, 6) is 0.511. The molecule has 0 amide bonds. The molecule has 1 heterocycles. The highest BCUT2D eigenvalue weighted by Gasteiger charge is 2.26. The van der Waals surface area contributed by atoms with Gasteiger partial charge in [0.25, 0.3) is 0 Å². The minimum atomic E-state index is -0.226. The van der Waals surface area contributed by atoms with Gasteiger partial charge in [-0.15, -0.1) is 0 Å². The Labute approximate surface area is 266 Å². The largest absolute Gasteiger partial charge is 0.507 e. The minimum absolute atomic E-state index is 0.213. The Bertz CT molecular complexity index is 1980. The topological polar surface area (TPSA) is 51.9 Å². The predicted octanol–water partition coefficient (Wildman–Crippen LogP) is 9.48. The number of likely N-dealkylation sites (N-methyl/N-ethyl adjacent to an activating group) is 1. The van der Waals surface area contributed by atoms with Crippen molar-refractivity contribution in [2.24, 2.45) is 0 Å². The maximum absolute atomic E-state index is 12.3. The Morgan fingerprint density at radius 2 is 1.20 bits per heavy atom. The van der Waals surface area contributed by atoms with Crippen molar-refractivity contribution in [3.63, 3.8) is 0 Å². The SMILES string of the molecule is Cc1cc(N(CCN(C)C)c2ccccc2-c2cc(C)cc(C(C)(C)C)c2O)c(O)c(-n2c3ccccc3c3ccccc32)c1. The molecule has 5 heteroatoms. The lowest BCUT2D eigenvalue weighted by molar-refractivity contribution is 0.417. The number of aryl methyl sites for hydroxylation is 2. The van der Waals surface area contributed by atoms with Crippen LogP contribution in [0, 0.1) is 13.8 Å². The van der Waals surface area contributed by atoms with Crippen LogP contribution in [0.4, 0.5) is 11.4 Å². The highest BCUT2D eigenvalue weighted by molar-refractivity contribution is 6.09. The molecule has 230 valence electrons. The van der Waals surface area contributed by atoms with Gasteiger partial charge in [-0.3, -0.25) is 0 Å². The van der Waals surface area contributed by atoms with Crippen molar-refractivity contribution in [1.82, 2.24) is 9.47 Å². The highest BCUT2D eigenvalue weighted by Crippen LogP contribution is 2.47. The molecular formula is C40H43N3O2. The summed E-state index contributed by atoms with van der Waals surface area (Å²) in [5.41, 5.74) is 9.02. The van der Waals surface area contributed by atoms with E-state index in [-0.39, 0.29) is 11.2 Å². The number of hydrogen-bond acceptors (Lipinski definition) is 4. The van der Waals surface area contributed by atoms with E-state index in [9.17, 15) is 10.2 Å². The van der Waals surface area contributed by atoms with Crippen molar-refractivity contribution in [1.29, 1.82) is 0 Å². The van der Waals surface area contributed by atoms with Gasteiger partial charge < -0.3 is 24.6 Å². The van der Waals surface area contributed by atoms with Crippen LogP contribution in [0.25, 0.3) is 38.6 Å². The first-order valence-electron chi connectivity index (χ1n) is 15.6. The van der Waals surface area contributed by atoms with Crippen LogP contribution in [0.15, 0.2) is 97.1 Å². The van der Waals surface area contributed by atoms with Crippen LogP contribution >= 0.6 is 0 Å². The predicted molar refractivity (Wildman–Crippen MR) is 190 cm³/mol. The van der Waals surface area contributed by atoms with E-state index in [1.54, 1.807) is 0 Å². The molecule has 0 spiro atoms. The summed E-state index contributed by atoms with van der Waals surface area (Å²) < 4.78 is 2.18. The molecule has 0 radical (unpaired) electrons. The van der Waals surface area contributed by atoms with Crippen LogP contribution in [0.3, 0.4) is 0 Å². The molecule has 0 saturated heterocycles. The number of fused-ring (bicyclic) bond motifs is 3. The van der Waals surface area contributed by atoms with Crippen molar-refractivity contribution in [3.05, 3.63) is 114 Å². The Morgan fingerprint density at radius 3 is 1.82 bits per heavy atom. The summed E-state index contributed by atoms with van der Waals surface area (Å²) in [6.07, 6.45) is 0. The number of aromatic hydroxyl groups is 2. The van der Waals surface area contributed by atoms with Gasteiger partial charge in [-0.1, -0.05) is 81.4 Å². The van der Waals surface area contributed by atoms with Crippen molar-refractivity contribution in [3.8, 4) is 28.3 Å². The fraction of sp³-hybridized carbons (Fsp3) is 0.250. The Hall–Kier alpha value is -4.74. The first-order chi connectivity index (χ1) is 21.5. The zero-order valence-corrected chi connectivity index (χ0v) is 27.4. The molecule has 1 aromatic heterocycles. The number of phenolic OH excluding ortho intramolecular Hbond substituents is 2. The lowest BCUT2D eigenvalue weighted by atomic mass is 9.83. The van der Waals surface area contributed by atoms with Crippen molar-refractivity contribution < 1.29 is 10.2 Å². The zero-order chi connectivity index (χ0) is 32.0. The number of anilines is 2. The van der Waals surface area contributed by atoms with E-state index in [1.165, 1.54) is 0 Å². The average molecular weight is 598 g/mol. The fourth-order valence-electron chi connectivity index (χ4n) is 6.46. The molecule has 0 unspecified atom stereocenters. The van der Waals surface area contributed by atoms with Gasteiger partial charge in [0.15, 0.2) is 5.75 Å². The second-order valence-corrected chi connectivity index (χ2v) is 13.5. The number of nitrogens with zero attached hydrogens (tertiary/aromatic N) is 3. The second kappa shape index (κ2) is 11.6. The van der Waals surface area contributed by atoms with E-state index >= 15 is 0 Å². The van der Waals surface area contributed by atoms with Crippen LogP contribution in [0.1, 0.15) is 37.5 Å². The van der Waals surface area contributed by atoms with Gasteiger partial charge >= 0.3 is 0 Å². The third-order valence-electron chi connectivity index (χ3n) is 8.64. The van der Waals surface area contributed by atoms with Gasteiger partial charge in [0.1, 0.15) is 5.75 Å². The smallest absolute Gasteiger partial charge is 0.163 e. The molecule has 2 N–H and O–H groups in total. The van der Waals surface area contributed by atoms with Crippen LogP contribution in [-0.2, 0) is 5.41 Å². The molecule has 5 aromatic carbocycles. The van der Waals surface area contributed by atoms with Gasteiger partial charge in [-0.25, -0.2) is 0 Å². The quantitative estimate of drug-likeness (QED) is 0.192. The van der Waals surface area contributed by atoms with Crippen molar-refractivity contribution in [2.45, 2.75) is 40.0 Å². The molecule has 0 aliphatic heterocycles. The Kier molecular flexibility index (Phi) is 7.84. The second-order valence-electron chi connectivity index (χ2n) is 13.5. The number of para-hydroxylation sites is 3. The maximum atomic E-state index is 12.3. The molecule has 0 bridgehead atoms. The van der Waals surface area contributed by atoms with Crippen molar-refractivity contribution >= 4 is 33.2 Å². The lowest BCUT2D eigenvalue weighted by Gasteiger charge is -2.31. The van der Waals surface area contributed by atoms with Gasteiger partial charge in [0.05, 0.1) is 22.4 Å². The monoisotopic (exact) mass is 597 g/mol. The lowest BCUT2D eigenvalue weighted by Crippen LogP contribution is -2.29. The summed E-state index contributed by atoms with van der Waals surface area (Å²) in [4.78, 5) is 4.35. The fourth-order valence-corrected chi connectivity index (χ4v) is 6.46. The molecule has 0 saturated carbocycles. The van der Waals surface area contributed by atoms with E-state index in [1.807, 2.05) is 24.3 Å². The summed E-state index contributed by atoms with van der Waals surface area (Å²) in [6, 6.07) is 33.2. The van der Waals surface area contributed by atoms with Crippen molar-refractivity contribution in [2.75, 3.05) is 32.1 Å². The molecule has 45 heavy (non-hydrogen) atoms. The molecule has 6 aromatic rings. The van der Waals surface area contributed by atoms with E-state index in [2.05, 4.69) is 136 Å². The normalized spacial score (nSPS) is 12.0. The molecule has 0 fully saturated rings. The standard InChI is InChI=1S/C40H43N3O2/c1-26-22-31(38(44)32(23-26)40(3,4)5)30-16-8-11-17-33(30)42(21-20-41(6)7)36-24-27(2)25-37(39(36)45)43-34-18-12-9-14-28(34)29-15-10-13-19-35(29)43/h8-19,22-25,44-45H,20-21H2,1-7H3. The van der Waals surface area contributed by atoms with Gasteiger partial charge in [0, 0.05) is 46.2 Å². The van der Waals surface area contributed by atoms with E-state index in [4.69, 9.17) is 0 Å². The minimum Gasteiger partial charge on any atom is -0.507 e. The van der Waals surface area contributed by atoms with Crippen LogP contribution < -0.4 is 4.90 Å². The van der Waals surface area contributed by atoms with E-state index < -0.39 is 0 Å². The summed E-state index contributed by atoms with van der Waals surface area (Å²) in [7, 11) is 4.12. The Balaban J connectivity index is 1.61. The number of benzene rings is 5. The first-order valence-corrected chi connectivity index (χ1v) is 15.6. The highest BCUT2D eigenvalue weighted by atomic mass is 16.3. The van der Waals surface area contributed by atoms with Crippen LogP contribution in [0.2, 0.25) is 0 Å². The van der Waals surface area contributed by atoms with Gasteiger partial charge in [-0.2, -0.15) is 0 Å². The van der Waals surface area contributed by atoms with E-state index in [0.29, 0.717) is 12.3 Å². The zero-order valence-electron chi connectivity index (χ0n) is 27.4. The molecule has 0 aliphatic rings.